The minimum absolute atomic E-state index is 0.0220. The molecular weight excluding hydrogens is 396 g/mol. The van der Waals surface area contributed by atoms with Crippen LogP contribution in [-0.4, -0.2) is 34.8 Å². The van der Waals surface area contributed by atoms with Crippen molar-refractivity contribution in [2.45, 2.75) is 24.4 Å². The molecule has 29 heavy (non-hydrogen) atoms. The van der Waals surface area contributed by atoms with Crippen molar-refractivity contribution < 1.29 is 23.2 Å². The van der Waals surface area contributed by atoms with E-state index in [1.807, 2.05) is 12.1 Å². The third kappa shape index (κ3) is 4.25. The third-order valence-electron chi connectivity index (χ3n) is 4.60. The molecule has 0 saturated carbocycles. The average Bonchev–Trinajstić information content (AvgIpc) is 2.71. The highest BCUT2D eigenvalue weighted by atomic mass is 32.2. The molecule has 0 spiro atoms. The van der Waals surface area contributed by atoms with E-state index in [0.29, 0.717) is 10.9 Å². The van der Waals surface area contributed by atoms with Crippen LogP contribution in [0, 0.1) is 10.1 Å². The van der Waals surface area contributed by atoms with Crippen molar-refractivity contribution in [1.29, 1.82) is 0 Å². The molecule has 0 aliphatic rings. The standard InChI is InChI=1S/C20H18N2O6S/c1-14(20(23)24)21(13-15-6-9-18(10-7-15)22(25)26)29(27,28)19-11-8-16-4-2-3-5-17(16)12-19/h2-12,14H,13H2,1H3,(H,23,24)/t14-/m0/s1. The Labute approximate surface area is 167 Å². The fourth-order valence-electron chi connectivity index (χ4n) is 2.92. The molecule has 3 aromatic rings. The number of nitro groups is 1. The number of rotatable bonds is 7. The Balaban J connectivity index is 2.02. The van der Waals surface area contributed by atoms with E-state index in [4.69, 9.17) is 0 Å². The zero-order valence-electron chi connectivity index (χ0n) is 15.4. The molecule has 1 atom stereocenters. The van der Waals surface area contributed by atoms with Gasteiger partial charge < -0.3 is 5.11 Å². The summed E-state index contributed by atoms with van der Waals surface area (Å²) in [5.74, 6) is -1.30. The second kappa shape index (κ2) is 7.98. The first-order valence-electron chi connectivity index (χ1n) is 8.67. The Bertz CT molecular complexity index is 1180. The monoisotopic (exact) mass is 414 g/mol. The van der Waals surface area contributed by atoms with E-state index in [9.17, 15) is 28.4 Å². The Morgan fingerprint density at radius 3 is 2.28 bits per heavy atom. The number of carboxylic acids is 1. The number of benzene rings is 3. The summed E-state index contributed by atoms with van der Waals surface area (Å²) in [4.78, 5) is 21.8. The zero-order chi connectivity index (χ0) is 21.2. The summed E-state index contributed by atoms with van der Waals surface area (Å²) < 4.78 is 27.4. The molecule has 0 fully saturated rings. The van der Waals surface area contributed by atoms with Crippen LogP contribution in [0.15, 0.2) is 71.6 Å². The quantitative estimate of drug-likeness (QED) is 0.468. The number of fused-ring (bicyclic) bond motifs is 1. The van der Waals surface area contributed by atoms with Gasteiger partial charge in [0.15, 0.2) is 0 Å². The van der Waals surface area contributed by atoms with Gasteiger partial charge in [-0.15, -0.1) is 0 Å². The maximum atomic E-state index is 13.3. The molecule has 3 aromatic carbocycles. The lowest BCUT2D eigenvalue weighted by Crippen LogP contribution is -2.42. The largest absolute Gasteiger partial charge is 0.480 e. The Hall–Kier alpha value is -3.30. The molecule has 0 aliphatic carbocycles. The summed E-state index contributed by atoms with van der Waals surface area (Å²) in [6.45, 7) is 1.05. The SMILES string of the molecule is C[C@@H](C(=O)O)N(Cc1ccc([N+](=O)[O-])cc1)S(=O)(=O)c1ccc2ccccc2c1. The summed E-state index contributed by atoms with van der Waals surface area (Å²) >= 11 is 0. The molecule has 3 rings (SSSR count). The molecule has 1 N–H and O–H groups in total. The van der Waals surface area contributed by atoms with Crippen LogP contribution in [0.3, 0.4) is 0 Å². The van der Waals surface area contributed by atoms with Gasteiger partial charge in [-0.25, -0.2) is 8.42 Å². The van der Waals surface area contributed by atoms with Crippen molar-refractivity contribution in [1.82, 2.24) is 4.31 Å². The van der Waals surface area contributed by atoms with Crippen LogP contribution in [0.25, 0.3) is 10.8 Å². The van der Waals surface area contributed by atoms with Gasteiger partial charge in [0.1, 0.15) is 6.04 Å². The minimum Gasteiger partial charge on any atom is -0.480 e. The molecule has 8 nitrogen and oxygen atoms in total. The molecule has 0 bridgehead atoms. The summed E-state index contributed by atoms with van der Waals surface area (Å²) in [5.41, 5.74) is 0.303. The first-order chi connectivity index (χ1) is 13.7. The summed E-state index contributed by atoms with van der Waals surface area (Å²) in [7, 11) is -4.14. The first kappa shape index (κ1) is 20.4. The number of nitrogens with zero attached hydrogens (tertiary/aromatic N) is 2. The minimum atomic E-state index is -4.14. The van der Waals surface area contributed by atoms with E-state index in [1.165, 1.54) is 43.3 Å². The van der Waals surface area contributed by atoms with Crippen molar-refractivity contribution in [3.05, 3.63) is 82.4 Å². The van der Waals surface area contributed by atoms with Crippen molar-refractivity contribution in [3.63, 3.8) is 0 Å². The fraction of sp³-hybridized carbons (Fsp3) is 0.150. The normalized spacial score (nSPS) is 12.8. The second-order valence-corrected chi connectivity index (χ2v) is 8.39. The van der Waals surface area contributed by atoms with Gasteiger partial charge >= 0.3 is 5.97 Å². The lowest BCUT2D eigenvalue weighted by molar-refractivity contribution is -0.384. The number of carboxylic acid groups (broad SMARTS) is 1. The highest BCUT2D eigenvalue weighted by molar-refractivity contribution is 7.89. The second-order valence-electron chi connectivity index (χ2n) is 6.50. The predicted molar refractivity (Wildman–Crippen MR) is 107 cm³/mol. The van der Waals surface area contributed by atoms with Crippen LogP contribution in [0.5, 0.6) is 0 Å². The molecular formula is C20H18N2O6S. The number of sulfonamides is 1. The third-order valence-corrected chi connectivity index (χ3v) is 6.51. The molecule has 150 valence electrons. The molecule has 0 saturated heterocycles. The van der Waals surface area contributed by atoms with Crippen LogP contribution in [-0.2, 0) is 21.4 Å². The summed E-state index contributed by atoms with van der Waals surface area (Å²) in [6.07, 6.45) is 0. The molecule has 0 amide bonds. The van der Waals surface area contributed by atoms with Gasteiger partial charge in [-0.05, 0) is 35.4 Å². The van der Waals surface area contributed by atoms with E-state index in [0.717, 1.165) is 9.69 Å². The van der Waals surface area contributed by atoms with E-state index in [2.05, 4.69) is 0 Å². The van der Waals surface area contributed by atoms with Crippen molar-refractivity contribution >= 4 is 32.5 Å². The molecule has 0 radical (unpaired) electrons. The van der Waals surface area contributed by atoms with Crippen molar-refractivity contribution in [2.24, 2.45) is 0 Å². The maximum Gasteiger partial charge on any atom is 0.321 e. The van der Waals surface area contributed by atoms with Gasteiger partial charge in [-0.1, -0.05) is 42.5 Å². The fourth-order valence-corrected chi connectivity index (χ4v) is 4.53. The predicted octanol–water partition coefficient (Wildman–Crippen LogP) is 3.41. The number of nitro benzene ring substituents is 1. The summed E-state index contributed by atoms with van der Waals surface area (Å²) in [5, 5.41) is 21.8. The van der Waals surface area contributed by atoms with Gasteiger partial charge in [-0.3, -0.25) is 14.9 Å². The zero-order valence-corrected chi connectivity index (χ0v) is 16.2. The van der Waals surface area contributed by atoms with Gasteiger partial charge in [0.2, 0.25) is 10.0 Å². The van der Waals surface area contributed by atoms with E-state index in [-0.39, 0.29) is 17.1 Å². The lowest BCUT2D eigenvalue weighted by Gasteiger charge is -2.26. The molecule has 0 aromatic heterocycles. The first-order valence-corrected chi connectivity index (χ1v) is 10.1. The van der Waals surface area contributed by atoms with Crippen LogP contribution >= 0.6 is 0 Å². The van der Waals surface area contributed by atoms with Gasteiger partial charge in [0.05, 0.1) is 9.82 Å². The van der Waals surface area contributed by atoms with Crippen LogP contribution < -0.4 is 0 Å². The maximum absolute atomic E-state index is 13.3. The Morgan fingerprint density at radius 1 is 1.07 bits per heavy atom. The number of hydrogen-bond donors (Lipinski definition) is 1. The number of carbonyl (C=O) groups is 1. The molecule has 0 unspecified atom stereocenters. The number of non-ortho nitro benzene ring substituents is 1. The highest BCUT2D eigenvalue weighted by Gasteiger charge is 2.33. The Kier molecular flexibility index (Phi) is 5.62. The number of hydrogen-bond acceptors (Lipinski definition) is 5. The molecule has 9 heteroatoms. The van der Waals surface area contributed by atoms with Crippen LogP contribution in [0.4, 0.5) is 5.69 Å². The molecule has 0 heterocycles. The van der Waals surface area contributed by atoms with Crippen molar-refractivity contribution in [2.75, 3.05) is 0 Å². The van der Waals surface area contributed by atoms with E-state index >= 15 is 0 Å². The van der Waals surface area contributed by atoms with Gasteiger partial charge in [0, 0.05) is 18.7 Å². The van der Waals surface area contributed by atoms with Crippen molar-refractivity contribution in [3.8, 4) is 0 Å². The highest BCUT2D eigenvalue weighted by Crippen LogP contribution is 2.25. The van der Waals surface area contributed by atoms with Gasteiger partial charge in [0.25, 0.3) is 5.69 Å². The van der Waals surface area contributed by atoms with Crippen LogP contribution in [0.2, 0.25) is 0 Å². The number of aliphatic carboxylic acids is 1. The molecule has 0 aliphatic heterocycles. The summed E-state index contributed by atoms with van der Waals surface area (Å²) in [6, 6.07) is 15.8. The average molecular weight is 414 g/mol. The van der Waals surface area contributed by atoms with E-state index in [1.54, 1.807) is 18.2 Å². The van der Waals surface area contributed by atoms with E-state index < -0.39 is 27.0 Å². The lowest BCUT2D eigenvalue weighted by atomic mass is 10.1. The topological polar surface area (TPSA) is 118 Å². The smallest absolute Gasteiger partial charge is 0.321 e. The van der Waals surface area contributed by atoms with Gasteiger partial charge in [-0.2, -0.15) is 4.31 Å². The van der Waals surface area contributed by atoms with Crippen LogP contribution in [0.1, 0.15) is 12.5 Å². The Morgan fingerprint density at radius 2 is 1.69 bits per heavy atom.